The second-order valence-electron chi connectivity index (χ2n) is 6.02. The predicted molar refractivity (Wildman–Crippen MR) is 85.4 cm³/mol. The van der Waals surface area contributed by atoms with Crippen LogP contribution in [0.15, 0.2) is 48.5 Å². The Labute approximate surface area is 142 Å². The molecule has 1 heterocycles. The van der Waals surface area contributed by atoms with Crippen LogP contribution >= 0.6 is 0 Å². The SMILES string of the molecule is C[C@@]1(c2ccccc2)NC(=O)N(C[C@H](O)c2cc(F)ccc2F)C1=O. The lowest BCUT2D eigenvalue weighted by molar-refractivity contribution is -0.132. The van der Waals surface area contributed by atoms with E-state index < -0.39 is 41.8 Å². The van der Waals surface area contributed by atoms with Gasteiger partial charge >= 0.3 is 6.03 Å². The Bertz CT molecular complexity index is 828. The number of rotatable bonds is 4. The van der Waals surface area contributed by atoms with E-state index in [0.717, 1.165) is 23.1 Å². The molecule has 3 rings (SSSR count). The quantitative estimate of drug-likeness (QED) is 0.836. The van der Waals surface area contributed by atoms with Gasteiger partial charge in [-0.15, -0.1) is 0 Å². The zero-order valence-corrected chi connectivity index (χ0v) is 13.4. The van der Waals surface area contributed by atoms with Crippen molar-refractivity contribution in [2.24, 2.45) is 0 Å². The summed E-state index contributed by atoms with van der Waals surface area (Å²) >= 11 is 0. The lowest BCUT2D eigenvalue weighted by Crippen LogP contribution is -2.41. The second kappa shape index (κ2) is 6.25. The third kappa shape index (κ3) is 2.98. The number of nitrogens with one attached hydrogen (secondary N) is 1. The first kappa shape index (κ1) is 17.0. The van der Waals surface area contributed by atoms with Crippen molar-refractivity contribution in [3.05, 3.63) is 71.3 Å². The van der Waals surface area contributed by atoms with Crippen LogP contribution in [-0.2, 0) is 10.3 Å². The van der Waals surface area contributed by atoms with Crippen LogP contribution in [0.3, 0.4) is 0 Å². The summed E-state index contributed by atoms with van der Waals surface area (Å²) < 4.78 is 27.1. The topological polar surface area (TPSA) is 69.6 Å². The van der Waals surface area contributed by atoms with Gasteiger partial charge in [0.1, 0.15) is 23.3 Å². The number of benzene rings is 2. The van der Waals surface area contributed by atoms with E-state index in [1.54, 1.807) is 37.3 Å². The van der Waals surface area contributed by atoms with Gasteiger partial charge in [0.2, 0.25) is 0 Å². The van der Waals surface area contributed by atoms with Gasteiger partial charge in [-0.25, -0.2) is 13.6 Å². The molecule has 0 unspecified atom stereocenters. The van der Waals surface area contributed by atoms with Crippen molar-refractivity contribution in [2.45, 2.75) is 18.6 Å². The first-order valence-corrected chi connectivity index (χ1v) is 7.65. The summed E-state index contributed by atoms with van der Waals surface area (Å²) in [5.74, 6) is -2.10. The number of carbonyl (C=O) groups excluding carboxylic acids is 2. The minimum atomic E-state index is -1.54. The van der Waals surface area contributed by atoms with Gasteiger partial charge in [0.15, 0.2) is 0 Å². The predicted octanol–water partition coefficient (Wildman–Crippen LogP) is 2.47. The summed E-state index contributed by atoms with van der Waals surface area (Å²) in [6.45, 7) is 1.07. The van der Waals surface area contributed by atoms with Crippen LogP contribution in [0, 0.1) is 11.6 Å². The molecule has 0 aliphatic carbocycles. The number of aliphatic hydroxyl groups is 1. The van der Waals surface area contributed by atoms with Gasteiger partial charge in [-0.05, 0) is 30.7 Å². The van der Waals surface area contributed by atoms with Crippen LogP contribution in [-0.4, -0.2) is 28.5 Å². The molecule has 0 spiro atoms. The standard InChI is InChI=1S/C18H16F2N2O3/c1-18(11-5-3-2-4-6-11)16(24)22(17(25)21-18)10-15(23)13-9-12(19)7-8-14(13)20/h2-9,15,23H,10H2,1H3,(H,21,25)/t15-,18-/m0/s1. The lowest BCUT2D eigenvalue weighted by Gasteiger charge is -2.23. The van der Waals surface area contributed by atoms with Gasteiger partial charge in [0.25, 0.3) is 5.91 Å². The molecule has 0 bridgehead atoms. The number of imide groups is 1. The molecular weight excluding hydrogens is 330 g/mol. The van der Waals surface area contributed by atoms with Crippen molar-refractivity contribution in [2.75, 3.05) is 6.54 Å². The molecule has 0 aromatic heterocycles. The third-order valence-corrected chi connectivity index (χ3v) is 4.30. The summed E-state index contributed by atoms with van der Waals surface area (Å²) in [5.41, 5.74) is -1.00. The Morgan fingerprint density at radius 1 is 1.16 bits per heavy atom. The van der Waals surface area contributed by atoms with E-state index in [1.165, 1.54) is 0 Å². The summed E-state index contributed by atoms with van der Waals surface area (Å²) in [4.78, 5) is 25.7. The fourth-order valence-corrected chi connectivity index (χ4v) is 2.87. The van der Waals surface area contributed by atoms with E-state index in [0.29, 0.717) is 5.56 Å². The Hall–Kier alpha value is -2.80. The van der Waals surface area contributed by atoms with Crippen molar-refractivity contribution in [3.63, 3.8) is 0 Å². The minimum absolute atomic E-state index is 0.311. The third-order valence-electron chi connectivity index (χ3n) is 4.30. The highest BCUT2D eigenvalue weighted by atomic mass is 19.1. The van der Waals surface area contributed by atoms with E-state index in [-0.39, 0.29) is 5.56 Å². The van der Waals surface area contributed by atoms with Crippen LogP contribution in [0.5, 0.6) is 0 Å². The molecule has 3 amide bonds. The second-order valence-corrected chi connectivity index (χ2v) is 6.02. The number of halogens is 2. The molecule has 25 heavy (non-hydrogen) atoms. The first-order chi connectivity index (χ1) is 11.8. The number of β-amino-alcohol motifs (C(OH)–C–C–N with tert-alkyl or cyclic N) is 1. The molecule has 1 saturated heterocycles. The summed E-state index contributed by atoms with van der Waals surface area (Å²) in [5, 5.41) is 12.8. The van der Waals surface area contributed by atoms with Crippen molar-refractivity contribution in [1.82, 2.24) is 10.2 Å². The number of amides is 3. The zero-order valence-electron chi connectivity index (χ0n) is 13.4. The van der Waals surface area contributed by atoms with Crippen molar-refractivity contribution >= 4 is 11.9 Å². The average molecular weight is 346 g/mol. The van der Waals surface area contributed by atoms with E-state index in [9.17, 15) is 23.5 Å². The minimum Gasteiger partial charge on any atom is -0.386 e. The smallest absolute Gasteiger partial charge is 0.325 e. The first-order valence-electron chi connectivity index (χ1n) is 7.65. The highest BCUT2D eigenvalue weighted by molar-refractivity contribution is 6.07. The summed E-state index contributed by atoms with van der Waals surface area (Å²) in [6.07, 6.45) is -1.54. The molecule has 1 fully saturated rings. The van der Waals surface area contributed by atoms with Crippen molar-refractivity contribution in [1.29, 1.82) is 0 Å². The average Bonchev–Trinajstić information content (AvgIpc) is 2.82. The molecule has 1 aliphatic heterocycles. The highest BCUT2D eigenvalue weighted by Crippen LogP contribution is 2.30. The molecule has 2 aromatic carbocycles. The van der Waals surface area contributed by atoms with E-state index in [4.69, 9.17) is 0 Å². The Balaban J connectivity index is 1.85. The maximum absolute atomic E-state index is 13.8. The van der Waals surface area contributed by atoms with Crippen LogP contribution < -0.4 is 5.32 Å². The van der Waals surface area contributed by atoms with Gasteiger partial charge in [-0.2, -0.15) is 0 Å². The molecule has 2 N–H and O–H groups in total. The van der Waals surface area contributed by atoms with Gasteiger partial charge in [0, 0.05) is 5.56 Å². The van der Waals surface area contributed by atoms with Gasteiger partial charge in [-0.3, -0.25) is 9.69 Å². The summed E-state index contributed by atoms with van der Waals surface area (Å²) in [6, 6.07) is 10.6. The molecule has 5 nitrogen and oxygen atoms in total. The van der Waals surface area contributed by atoms with Crippen LogP contribution in [0.2, 0.25) is 0 Å². The number of hydrogen-bond donors (Lipinski definition) is 2. The fraction of sp³-hybridized carbons (Fsp3) is 0.222. The molecule has 0 saturated carbocycles. The van der Waals surface area contributed by atoms with Crippen molar-refractivity contribution < 1.29 is 23.5 Å². The molecule has 7 heteroatoms. The van der Waals surface area contributed by atoms with Crippen LogP contribution in [0.1, 0.15) is 24.2 Å². The molecule has 0 radical (unpaired) electrons. The van der Waals surface area contributed by atoms with Crippen LogP contribution in [0.25, 0.3) is 0 Å². The number of aliphatic hydroxyl groups excluding tert-OH is 1. The molecule has 130 valence electrons. The maximum Gasteiger partial charge on any atom is 0.325 e. The Morgan fingerprint density at radius 3 is 2.52 bits per heavy atom. The highest BCUT2D eigenvalue weighted by Gasteiger charge is 2.49. The van der Waals surface area contributed by atoms with Crippen molar-refractivity contribution in [3.8, 4) is 0 Å². The van der Waals surface area contributed by atoms with E-state index in [1.807, 2.05) is 0 Å². The molecule has 1 aliphatic rings. The summed E-state index contributed by atoms with van der Waals surface area (Å²) in [7, 11) is 0. The van der Waals surface area contributed by atoms with Gasteiger partial charge < -0.3 is 10.4 Å². The Morgan fingerprint density at radius 2 is 1.84 bits per heavy atom. The van der Waals surface area contributed by atoms with E-state index >= 15 is 0 Å². The lowest BCUT2D eigenvalue weighted by atomic mass is 9.92. The normalized spacial score (nSPS) is 21.4. The monoisotopic (exact) mass is 346 g/mol. The zero-order chi connectivity index (χ0) is 18.2. The number of nitrogens with zero attached hydrogens (tertiary/aromatic N) is 1. The molecule has 2 aromatic rings. The van der Waals surface area contributed by atoms with Crippen LogP contribution in [0.4, 0.5) is 13.6 Å². The number of urea groups is 1. The Kier molecular flexibility index (Phi) is 4.26. The number of carbonyl (C=O) groups is 2. The maximum atomic E-state index is 13.8. The largest absolute Gasteiger partial charge is 0.386 e. The molecular formula is C18H16F2N2O3. The van der Waals surface area contributed by atoms with E-state index in [2.05, 4.69) is 5.32 Å². The fourth-order valence-electron chi connectivity index (χ4n) is 2.87. The molecule has 2 atom stereocenters. The van der Waals surface area contributed by atoms with Gasteiger partial charge in [-0.1, -0.05) is 30.3 Å². The number of hydrogen-bond acceptors (Lipinski definition) is 3. The van der Waals surface area contributed by atoms with Gasteiger partial charge in [0.05, 0.1) is 6.54 Å².